The van der Waals surface area contributed by atoms with Gasteiger partial charge < -0.3 is 10.6 Å². The zero-order valence-electron chi connectivity index (χ0n) is 12.0. The average molecular weight is 308 g/mol. The molecule has 4 nitrogen and oxygen atoms in total. The van der Waals surface area contributed by atoms with Gasteiger partial charge in [0, 0.05) is 18.0 Å². The Morgan fingerprint density at radius 1 is 1.35 bits per heavy atom. The lowest BCUT2D eigenvalue weighted by Crippen LogP contribution is -2.11. The lowest BCUT2D eigenvalue weighted by atomic mass is 10.1. The molecule has 0 amide bonds. The molecule has 2 N–H and O–H groups in total. The van der Waals surface area contributed by atoms with E-state index in [1.807, 2.05) is 19.4 Å². The van der Waals surface area contributed by atoms with Crippen LogP contribution in [0.5, 0.6) is 0 Å². The van der Waals surface area contributed by atoms with Gasteiger partial charge in [-0.3, -0.25) is 0 Å². The smallest absolute Gasteiger partial charge is 0.191 e. The molecule has 2 heterocycles. The van der Waals surface area contributed by atoms with Crippen LogP contribution in [0.15, 0.2) is 28.7 Å². The van der Waals surface area contributed by atoms with Crippen molar-refractivity contribution in [1.29, 1.82) is 0 Å². The van der Waals surface area contributed by atoms with Crippen LogP contribution in [0.25, 0.3) is 0 Å². The van der Waals surface area contributed by atoms with Gasteiger partial charge in [-0.25, -0.2) is 9.97 Å². The molecule has 0 aromatic carbocycles. The van der Waals surface area contributed by atoms with E-state index in [0.717, 1.165) is 29.6 Å². The third kappa shape index (κ3) is 3.86. The molecule has 6 heteroatoms. The molecule has 20 heavy (non-hydrogen) atoms. The van der Waals surface area contributed by atoms with Gasteiger partial charge >= 0.3 is 0 Å². The van der Waals surface area contributed by atoms with Gasteiger partial charge in [0.2, 0.25) is 0 Å². The number of nitrogens with zero attached hydrogens (tertiary/aromatic N) is 2. The van der Waals surface area contributed by atoms with Crippen molar-refractivity contribution in [1.82, 2.24) is 9.97 Å². The van der Waals surface area contributed by atoms with Crippen LogP contribution in [0.2, 0.25) is 0 Å². The quantitative estimate of drug-likeness (QED) is 0.591. The maximum atomic E-state index is 4.54. The third-order valence-corrected chi connectivity index (χ3v) is 4.46. The highest BCUT2D eigenvalue weighted by atomic mass is 32.2. The van der Waals surface area contributed by atoms with E-state index in [1.54, 1.807) is 23.1 Å². The Kier molecular flexibility index (Phi) is 5.67. The molecule has 0 aliphatic heterocycles. The molecule has 0 spiro atoms. The summed E-state index contributed by atoms with van der Waals surface area (Å²) in [7, 11) is 1.87. The highest BCUT2D eigenvalue weighted by Gasteiger charge is 2.13. The number of hydrogen-bond donors (Lipinski definition) is 2. The summed E-state index contributed by atoms with van der Waals surface area (Å²) in [5.41, 5.74) is 0. The molecule has 1 unspecified atom stereocenters. The number of nitrogens with one attached hydrogen (secondary N) is 2. The van der Waals surface area contributed by atoms with Crippen molar-refractivity contribution in [2.24, 2.45) is 0 Å². The molecule has 0 radical (unpaired) electrons. The Labute approximate surface area is 128 Å². The highest BCUT2D eigenvalue weighted by Crippen LogP contribution is 2.28. The van der Waals surface area contributed by atoms with Crippen LogP contribution in [-0.2, 0) is 0 Å². The maximum Gasteiger partial charge on any atom is 0.191 e. The van der Waals surface area contributed by atoms with Crippen LogP contribution >= 0.6 is 23.1 Å². The van der Waals surface area contributed by atoms with Gasteiger partial charge in [-0.05, 0) is 24.1 Å². The standard InChI is InChI=1S/C14H20N4S2/c1-4-6-10(11-7-5-8-20-11)16-13-9-12(15-2)17-14(18-13)19-3/h5,7-10H,4,6H2,1-3H3,(H2,15,16,17,18). The van der Waals surface area contributed by atoms with E-state index in [1.165, 1.54) is 4.88 Å². The molecule has 1 atom stereocenters. The predicted octanol–water partition coefficient (Wildman–Crippen LogP) is 4.26. The van der Waals surface area contributed by atoms with Crippen molar-refractivity contribution in [3.8, 4) is 0 Å². The molecule has 2 aromatic rings. The Morgan fingerprint density at radius 3 is 2.75 bits per heavy atom. The Bertz CT molecular complexity index is 506. The number of thiophene rings is 1. The zero-order valence-corrected chi connectivity index (χ0v) is 13.6. The summed E-state index contributed by atoms with van der Waals surface area (Å²) >= 11 is 3.33. The van der Waals surface area contributed by atoms with Gasteiger partial charge in [-0.1, -0.05) is 31.2 Å². The monoisotopic (exact) mass is 308 g/mol. The SMILES string of the molecule is CCCC(Nc1cc(NC)nc(SC)n1)c1cccs1. The van der Waals surface area contributed by atoms with E-state index in [4.69, 9.17) is 0 Å². The molecule has 0 fully saturated rings. The van der Waals surface area contributed by atoms with Crippen molar-refractivity contribution in [2.45, 2.75) is 31.0 Å². The minimum absolute atomic E-state index is 0.314. The number of rotatable bonds is 7. The Hall–Kier alpha value is -1.27. The number of anilines is 2. The van der Waals surface area contributed by atoms with Gasteiger partial charge in [-0.2, -0.15) is 0 Å². The first-order chi connectivity index (χ1) is 9.76. The second-order valence-corrected chi connectivity index (χ2v) is 6.13. The molecule has 0 aliphatic carbocycles. The normalized spacial score (nSPS) is 12.2. The lowest BCUT2D eigenvalue weighted by Gasteiger charge is -2.18. The second-order valence-electron chi connectivity index (χ2n) is 4.38. The summed E-state index contributed by atoms with van der Waals surface area (Å²) in [4.78, 5) is 10.3. The van der Waals surface area contributed by atoms with Gasteiger partial charge in [0.05, 0.1) is 6.04 Å². The fourth-order valence-corrected chi connectivity index (χ4v) is 3.15. The van der Waals surface area contributed by atoms with E-state index in [0.29, 0.717) is 6.04 Å². The van der Waals surface area contributed by atoms with E-state index in [2.05, 4.69) is 45.0 Å². The van der Waals surface area contributed by atoms with Crippen LogP contribution in [-0.4, -0.2) is 23.3 Å². The van der Waals surface area contributed by atoms with E-state index in [9.17, 15) is 0 Å². The van der Waals surface area contributed by atoms with Crippen LogP contribution in [0.1, 0.15) is 30.7 Å². The number of aromatic nitrogens is 2. The number of hydrogen-bond acceptors (Lipinski definition) is 6. The first-order valence-corrected chi connectivity index (χ1v) is 8.78. The zero-order chi connectivity index (χ0) is 14.4. The molecule has 2 rings (SSSR count). The topological polar surface area (TPSA) is 49.8 Å². The fraction of sp³-hybridized carbons (Fsp3) is 0.429. The molecule has 0 saturated carbocycles. The summed E-state index contributed by atoms with van der Waals surface area (Å²) in [6, 6.07) is 6.54. The molecule has 0 aliphatic rings. The first kappa shape index (κ1) is 15.1. The minimum Gasteiger partial charge on any atom is -0.373 e. The van der Waals surface area contributed by atoms with E-state index >= 15 is 0 Å². The third-order valence-electron chi connectivity index (χ3n) is 2.93. The van der Waals surface area contributed by atoms with Gasteiger partial charge in [0.15, 0.2) is 5.16 Å². The van der Waals surface area contributed by atoms with Crippen molar-refractivity contribution in [3.63, 3.8) is 0 Å². The molecule has 2 aromatic heterocycles. The van der Waals surface area contributed by atoms with E-state index < -0.39 is 0 Å². The van der Waals surface area contributed by atoms with Crippen molar-refractivity contribution < 1.29 is 0 Å². The fourth-order valence-electron chi connectivity index (χ4n) is 1.96. The lowest BCUT2D eigenvalue weighted by molar-refractivity contribution is 0.682. The molecule has 0 bridgehead atoms. The van der Waals surface area contributed by atoms with Crippen LogP contribution in [0.3, 0.4) is 0 Å². The molecular weight excluding hydrogens is 288 g/mol. The van der Waals surface area contributed by atoms with Crippen LogP contribution in [0.4, 0.5) is 11.6 Å². The van der Waals surface area contributed by atoms with Crippen LogP contribution < -0.4 is 10.6 Å². The van der Waals surface area contributed by atoms with Gasteiger partial charge in [-0.15, -0.1) is 11.3 Å². The summed E-state index contributed by atoms with van der Waals surface area (Å²) in [5, 5.41) is 9.51. The highest BCUT2D eigenvalue weighted by molar-refractivity contribution is 7.98. The number of thioether (sulfide) groups is 1. The van der Waals surface area contributed by atoms with Gasteiger partial charge in [0.1, 0.15) is 11.6 Å². The van der Waals surface area contributed by atoms with Crippen molar-refractivity contribution >= 4 is 34.7 Å². The average Bonchev–Trinajstić information content (AvgIpc) is 3.00. The summed E-state index contributed by atoms with van der Waals surface area (Å²) < 4.78 is 0. The van der Waals surface area contributed by atoms with Crippen LogP contribution in [0, 0.1) is 0 Å². The summed E-state index contributed by atoms with van der Waals surface area (Å²) in [6.07, 6.45) is 4.21. The van der Waals surface area contributed by atoms with Gasteiger partial charge in [0.25, 0.3) is 0 Å². The first-order valence-electron chi connectivity index (χ1n) is 6.67. The maximum absolute atomic E-state index is 4.54. The summed E-state index contributed by atoms with van der Waals surface area (Å²) in [5.74, 6) is 1.72. The Balaban J connectivity index is 2.21. The van der Waals surface area contributed by atoms with Crippen molar-refractivity contribution in [2.75, 3.05) is 23.9 Å². The Morgan fingerprint density at radius 2 is 2.15 bits per heavy atom. The van der Waals surface area contributed by atoms with E-state index in [-0.39, 0.29) is 0 Å². The largest absolute Gasteiger partial charge is 0.373 e. The minimum atomic E-state index is 0.314. The molecule has 0 saturated heterocycles. The van der Waals surface area contributed by atoms with Crippen molar-refractivity contribution in [3.05, 3.63) is 28.5 Å². The molecular formula is C14H20N4S2. The summed E-state index contributed by atoms with van der Waals surface area (Å²) in [6.45, 7) is 2.20. The predicted molar refractivity (Wildman–Crippen MR) is 89.0 cm³/mol. The second kappa shape index (κ2) is 7.50. The molecule has 108 valence electrons.